The summed E-state index contributed by atoms with van der Waals surface area (Å²) < 4.78 is 5.20. The number of likely N-dealkylation sites (tertiary alicyclic amines) is 1. The number of piperidine rings is 1. The van der Waals surface area contributed by atoms with Gasteiger partial charge in [-0.3, -0.25) is 14.7 Å². The van der Waals surface area contributed by atoms with Crippen molar-refractivity contribution >= 4 is 5.91 Å². The fraction of sp³-hybridized carbons (Fsp3) is 0.368. The second-order valence-electron chi connectivity index (χ2n) is 6.13. The molecule has 1 fully saturated rings. The maximum atomic E-state index is 12.3. The molecular formula is C19H23N3O2. The molecule has 5 heteroatoms. The molecule has 1 saturated heterocycles. The van der Waals surface area contributed by atoms with Crippen LogP contribution >= 0.6 is 0 Å². The summed E-state index contributed by atoms with van der Waals surface area (Å²) in [6.07, 6.45) is 5.41. The van der Waals surface area contributed by atoms with Gasteiger partial charge in [0.1, 0.15) is 5.75 Å². The van der Waals surface area contributed by atoms with Gasteiger partial charge in [0.25, 0.3) is 5.91 Å². The number of benzene rings is 1. The van der Waals surface area contributed by atoms with Crippen LogP contribution in [0.4, 0.5) is 0 Å². The number of hydrogen-bond acceptors (Lipinski definition) is 4. The minimum absolute atomic E-state index is 0.0197. The lowest BCUT2D eigenvalue weighted by Gasteiger charge is -2.33. The Morgan fingerprint density at radius 2 is 2.00 bits per heavy atom. The van der Waals surface area contributed by atoms with Crippen LogP contribution < -0.4 is 10.1 Å². The van der Waals surface area contributed by atoms with Crippen LogP contribution in [-0.2, 0) is 6.54 Å². The van der Waals surface area contributed by atoms with E-state index in [9.17, 15) is 4.79 Å². The molecule has 24 heavy (non-hydrogen) atoms. The summed E-state index contributed by atoms with van der Waals surface area (Å²) in [7, 11) is 1.68. The summed E-state index contributed by atoms with van der Waals surface area (Å²) >= 11 is 0. The first-order valence-electron chi connectivity index (χ1n) is 8.31. The van der Waals surface area contributed by atoms with E-state index in [1.165, 1.54) is 5.56 Å². The first kappa shape index (κ1) is 16.5. The van der Waals surface area contributed by atoms with Gasteiger partial charge in [0.05, 0.1) is 7.11 Å². The topological polar surface area (TPSA) is 54.5 Å². The molecule has 1 aromatic carbocycles. The predicted molar refractivity (Wildman–Crippen MR) is 93.0 cm³/mol. The van der Waals surface area contributed by atoms with E-state index in [0.29, 0.717) is 5.56 Å². The van der Waals surface area contributed by atoms with Gasteiger partial charge < -0.3 is 10.1 Å². The van der Waals surface area contributed by atoms with E-state index >= 15 is 0 Å². The van der Waals surface area contributed by atoms with Crippen molar-refractivity contribution in [3.63, 3.8) is 0 Å². The Morgan fingerprint density at radius 3 is 2.71 bits per heavy atom. The Bertz CT molecular complexity index is 658. The van der Waals surface area contributed by atoms with Crippen LogP contribution in [-0.4, -0.2) is 42.0 Å². The van der Waals surface area contributed by atoms with E-state index in [1.54, 1.807) is 31.6 Å². The van der Waals surface area contributed by atoms with Gasteiger partial charge in [-0.1, -0.05) is 12.1 Å². The molecule has 0 spiro atoms. The van der Waals surface area contributed by atoms with E-state index in [1.807, 2.05) is 12.1 Å². The lowest BCUT2D eigenvalue weighted by molar-refractivity contribution is 0.0900. The Kier molecular flexibility index (Phi) is 5.43. The average molecular weight is 325 g/mol. The van der Waals surface area contributed by atoms with Crippen molar-refractivity contribution in [2.75, 3.05) is 20.2 Å². The van der Waals surface area contributed by atoms with E-state index < -0.39 is 0 Å². The summed E-state index contributed by atoms with van der Waals surface area (Å²) in [5, 5.41) is 3.14. The van der Waals surface area contributed by atoms with Gasteiger partial charge in [-0.15, -0.1) is 0 Å². The highest BCUT2D eigenvalue weighted by Gasteiger charge is 2.21. The summed E-state index contributed by atoms with van der Waals surface area (Å²) in [6, 6.07) is 11.8. The molecule has 3 rings (SSSR count). The molecule has 2 heterocycles. The predicted octanol–water partition coefficient (Wildman–Crippen LogP) is 2.48. The molecule has 1 aliphatic heterocycles. The lowest BCUT2D eigenvalue weighted by atomic mass is 10.0. The molecule has 0 bridgehead atoms. The monoisotopic (exact) mass is 325 g/mol. The number of rotatable bonds is 5. The highest BCUT2D eigenvalue weighted by Crippen LogP contribution is 2.17. The van der Waals surface area contributed by atoms with Crippen LogP contribution in [0.5, 0.6) is 5.75 Å². The molecule has 1 aromatic heterocycles. The summed E-state index contributed by atoms with van der Waals surface area (Å²) in [4.78, 5) is 18.6. The van der Waals surface area contributed by atoms with Gasteiger partial charge in [0, 0.05) is 37.1 Å². The van der Waals surface area contributed by atoms with Crippen LogP contribution in [0.15, 0.2) is 48.8 Å². The van der Waals surface area contributed by atoms with Crippen LogP contribution in [0.2, 0.25) is 0 Å². The van der Waals surface area contributed by atoms with Crippen LogP contribution in [0.25, 0.3) is 0 Å². The highest BCUT2D eigenvalue weighted by atomic mass is 16.5. The Hall–Kier alpha value is -2.40. The highest BCUT2D eigenvalue weighted by molar-refractivity contribution is 5.94. The van der Waals surface area contributed by atoms with Gasteiger partial charge >= 0.3 is 0 Å². The second kappa shape index (κ2) is 7.93. The molecule has 0 saturated carbocycles. The molecule has 0 radical (unpaired) electrons. The van der Waals surface area contributed by atoms with Crippen molar-refractivity contribution in [2.24, 2.45) is 0 Å². The molecule has 1 aliphatic rings. The lowest BCUT2D eigenvalue weighted by Crippen LogP contribution is -2.47. The van der Waals surface area contributed by atoms with Crippen LogP contribution in [0.3, 0.4) is 0 Å². The third kappa shape index (κ3) is 4.32. The van der Waals surface area contributed by atoms with Crippen molar-refractivity contribution in [3.05, 3.63) is 59.9 Å². The Labute approximate surface area is 142 Å². The first-order chi connectivity index (χ1) is 11.7. The van der Waals surface area contributed by atoms with Crippen molar-refractivity contribution in [2.45, 2.75) is 25.4 Å². The largest absolute Gasteiger partial charge is 0.497 e. The molecule has 2 aromatic rings. The van der Waals surface area contributed by atoms with E-state index in [-0.39, 0.29) is 11.9 Å². The number of ether oxygens (including phenoxy) is 1. The second-order valence-corrected chi connectivity index (χ2v) is 6.13. The van der Waals surface area contributed by atoms with Gasteiger partial charge in [-0.25, -0.2) is 0 Å². The zero-order chi connectivity index (χ0) is 16.8. The third-order valence-corrected chi connectivity index (χ3v) is 4.35. The fourth-order valence-corrected chi connectivity index (χ4v) is 3.08. The molecule has 1 atom stereocenters. The summed E-state index contributed by atoms with van der Waals surface area (Å²) in [6.45, 7) is 2.84. The number of aromatic nitrogens is 1. The van der Waals surface area contributed by atoms with Gasteiger partial charge in [0.15, 0.2) is 0 Å². The van der Waals surface area contributed by atoms with Crippen molar-refractivity contribution in [1.82, 2.24) is 15.2 Å². The molecule has 0 aliphatic carbocycles. The third-order valence-electron chi connectivity index (χ3n) is 4.35. The number of methoxy groups -OCH3 is 1. The summed E-state index contributed by atoms with van der Waals surface area (Å²) in [5.74, 6) is 0.855. The number of nitrogens with one attached hydrogen (secondary N) is 1. The van der Waals surface area contributed by atoms with Crippen molar-refractivity contribution in [3.8, 4) is 5.75 Å². The standard InChI is InChI=1S/C19H23N3O2/c1-24-18-6-4-15(5-7-18)13-22-12-2-3-17(14-22)21-19(23)16-8-10-20-11-9-16/h4-11,17H,2-3,12-14H2,1H3,(H,21,23). The Morgan fingerprint density at radius 1 is 1.25 bits per heavy atom. The maximum Gasteiger partial charge on any atom is 0.251 e. The van der Waals surface area contributed by atoms with Gasteiger partial charge in [0.2, 0.25) is 0 Å². The number of carbonyl (C=O) groups is 1. The van der Waals surface area contributed by atoms with Gasteiger partial charge in [-0.2, -0.15) is 0 Å². The number of nitrogens with zero attached hydrogens (tertiary/aromatic N) is 2. The molecule has 5 nitrogen and oxygen atoms in total. The molecular weight excluding hydrogens is 302 g/mol. The smallest absolute Gasteiger partial charge is 0.251 e. The van der Waals surface area contributed by atoms with Crippen LogP contribution in [0, 0.1) is 0 Å². The Balaban J connectivity index is 1.55. The van der Waals surface area contributed by atoms with E-state index in [2.05, 4.69) is 27.3 Å². The zero-order valence-corrected chi connectivity index (χ0v) is 13.9. The molecule has 1 N–H and O–H groups in total. The van der Waals surface area contributed by atoms with Gasteiger partial charge in [-0.05, 0) is 49.2 Å². The normalized spacial score (nSPS) is 18.1. The minimum atomic E-state index is -0.0197. The maximum absolute atomic E-state index is 12.3. The molecule has 1 amide bonds. The molecule has 1 unspecified atom stereocenters. The number of amides is 1. The van der Waals surface area contributed by atoms with E-state index in [4.69, 9.17) is 4.74 Å². The van der Waals surface area contributed by atoms with Crippen molar-refractivity contribution < 1.29 is 9.53 Å². The van der Waals surface area contributed by atoms with Crippen LogP contribution in [0.1, 0.15) is 28.8 Å². The SMILES string of the molecule is COc1ccc(CN2CCCC(NC(=O)c3ccncc3)C2)cc1. The quantitative estimate of drug-likeness (QED) is 0.918. The number of pyridine rings is 1. The minimum Gasteiger partial charge on any atom is -0.497 e. The number of carbonyl (C=O) groups excluding carboxylic acids is 1. The zero-order valence-electron chi connectivity index (χ0n) is 13.9. The van der Waals surface area contributed by atoms with E-state index in [0.717, 1.165) is 38.2 Å². The molecule has 126 valence electrons. The first-order valence-corrected chi connectivity index (χ1v) is 8.31. The van der Waals surface area contributed by atoms with Crippen molar-refractivity contribution in [1.29, 1.82) is 0 Å². The number of hydrogen-bond donors (Lipinski definition) is 1. The average Bonchev–Trinajstić information content (AvgIpc) is 2.63. The summed E-state index contributed by atoms with van der Waals surface area (Å²) in [5.41, 5.74) is 1.93. The fourth-order valence-electron chi connectivity index (χ4n) is 3.08.